The van der Waals surface area contributed by atoms with E-state index in [2.05, 4.69) is 30.1 Å². The van der Waals surface area contributed by atoms with Gasteiger partial charge in [-0.1, -0.05) is 19.1 Å². The molecule has 1 aliphatic heterocycles. The van der Waals surface area contributed by atoms with Crippen molar-refractivity contribution in [2.75, 3.05) is 57.7 Å². The zero-order valence-electron chi connectivity index (χ0n) is 18.4. The molecule has 6 nitrogen and oxygen atoms in total. The normalized spacial score (nSPS) is 21.6. The number of hydrogen-bond acceptors (Lipinski definition) is 2. The van der Waals surface area contributed by atoms with Gasteiger partial charge in [0.2, 0.25) is 0 Å². The van der Waals surface area contributed by atoms with Crippen LogP contribution >= 0.6 is 0 Å². The highest BCUT2D eigenvalue weighted by Crippen LogP contribution is 2.29. The molecule has 3 N–H and O–H groups in total. The van der Waals surface area contributed by atoms with Crippen LogP contribution in [0.1, 0.15) is 37.3 Å². The molecule has 0 spiro atoms. The lowest BCUT2D eigenvalue weighted by atomic mass is 10.1. The van der Waals surface area contributed by atoms with Crippen molar-refractivity contribution in [3.8, 4) is 0 Å². The van der Waals surface area contributed by atoms with Gasteiger partial charge >= 0.3 is 0 Å². The van der Waals surface area contributed by atoms with E-state index in [1.807, 2.05) is 19.1 Å². The average molecular weight is 403 g/mol. The molecule has 1 aromatic rings. The molecule has 0 bridgehead atoms. The second-order valence-electron chi connectivity index (χ2n) is 8.93. The first kappa shape index (κ1) is 21.8. The minimum absolute atomic E-state index is 0.0757. The van der Waals surface area contributed by atoms with E-state index in [1.165, 1.54) is 28.2 Å². The Balaban J connectivity index is 1.41. The molecule has 1 aliphatic carbocycles. The molecule has 2 amide bonds. The minimum atomic E-state index is 0.0757. The highest BCUT2D eigenvalue weighted by Gasteiger charge is 2.30. The summed E-state index contributed by atoms with van der Waals surface area (Å²) in [5.41, 5.74) is 3.23. The fourth-order valence-corrected chi connectivity index (χ4v) is 4.14. The highest BCUT2D eigenvalue weighted by atomic mass is 16.2. The van der Waals surface area contributed by atoms with Gasteiger partial charge in [0.25, 0.3) is 11.8 Å². The summed E-state index contributed by atoms with van der Waals surface area (Å²) in [6.07, 6.45) is 3.60. The Morgan fingerprint density at radius 2 is 1.72 bits per heavy atom. The van der Waals surface area contributed by atoms with Crippen LogP contribution in [0.3, 0.4) is 0 Å². The number of rotatable bonds is 9. The average Bonchev–Trinajstić information content (AvgIpc) is 3.51. The summed E-state index contributed by atoms with van der Waals surface area (Å²) in [4.78, 5) is 30.0. The van der Waals surface area contributed by atoms with Crippen molar-refractivity contribution in [1.82, 2.24) is 4.90 Å². The molecular formula is C23H38N4O2+2. The number of aryl methyl sites for hydroxylation is 1. The van der Waals surface area contributed by atoms with Crippen LogP contribution in [0.2, 0.25) is 0 Å². The van der Waals surface area contributed by atoms with E-state index < -0.39 is 0 Å². The van der Waals surface area contributed by atoms with Crippen LogP contribution in [0, 0.1) is 19.8 Å². The first-order valence-corrected chi connectivity index (χ1v) is 11.3. The Labute approximate surface area is 175 Å². The third-order valence-corrected chi connectivity index (χ3v) is 6.38. The largest absolute Gasteiger partial charge is 0.338 e. The number of anilines is 1. The predicted octanol–water partition coefficient (Wildman–Crippen LogP) is -0.326. The van der Waals surface area contributed by atoms with Crippen molar-refractivity contribution in [2.24, 2.45) is 5.92 Å². The van der Waals surface area contributed by atoms with Crippen LogP contribution in [0.4, 0.5) is 5.69 Å². The third kappa shape index (κ3) is 6.54. The van der Waals surface area contributed by atoms with Crippen LogP contribution in [0.5, 0.6) is 0 Å². The molecule has 0 radical (unpaired) electrons. The number of quaternary nitrogens is 2. The fourth-order valence-electron chi connectivity index (χ4n) is 4.14. The molecule has 1 heterocycles. The van der Waals surface area contributed by atoms with Crippen molar-refractivity contribution in [3.63, 3.8) is 0 Å². The van der Waals surface area contributed by atoms with E-state index in [-0.39, 0.29) is 5.91 Å². The molecular weight excluding hydrogens is 364 g/mol. The summed E-state index contributed by atoms with van der Waals surface area (Å²) in [6.45, 7) is 13.0. The van der Waals surface area contributed by atoms with Crippen LogP contribution in [-0.4, -0.2) is 69.1 Å². The van der Waals surface area contributed by atoms with E-state index in [9.17, 15) is 9.59 Å². The van der Waals surface area contributed by atoms with Gasteiger partial charge in [-0.05, 0) is 56.2 Å². The SMILES string of the molecule is CCCN(CC1CC1)C(=O)C[NH+]1CC[NH+](CC(=O)Nc2cccc(C)c2C)CC1. The zero-order valence-corrected chi connectivity index (χ0v) is 18.4. The van der Waals surface area contributed by atoms with Gasteiger partial charge in [0, 0.05) is 18.8 Å². The van der Waals surface area contributed by atoms with Crippen molar-refractivity contribution in [3.05, 3.63) is 29.3 Å². The monoisotopic (exact) mass is 402 g/mol. The molecule has 29 heavy (non-hydrogen) atoms. The van der Waals surface area contributed by atoms with Crippen LogP contribution in [-0.2, 0) is 9.59 Å². The predicted molar refractivity (Wildman–Crippen MR) is 115 cm³/mol. The number of carbonyl (C=O) groups is 2. The van der Waals surface area contributed by atoms with Crippen molar-refractivity contribution in [2.45, 2.75) is 40.0 Å². The molecule has 3 rings (SSSR count). The second kappa shape index (κ2) is 10.2. The minimum Gasteiger partial charge on any atom is -0.338 e. The van der Waals surface area contributed by atoms with Gasteiger partial charge < -0.3 is 20.0 Å². The van der Waals surface area contributed by atoms with Gasteiger partial charge in [0.05, 0.1) is 0 Å². The first-order valence-electron chi connectivity index (χ1n) is 11.3. The Hall–Kier alpha value is -1.92. The maximum Gasteiger partial charge on any atom is 0.279 e. The molecule has 0 unspecified atom stereocenters. The van der Waals surface area contributed by atoms with E-state index in [0.29, 0.717) is 19.0 Å². The van der Waals surface area contributed by atoms with Gasteiger partial charge in [-0.2, -0.15) is 0 Å². The lowest BCUT2D eigenvalue weighted by Gasteiger charge is -2.30. The summed E-state index contributed by atoms with van der Waals surface area (Å²) in [5.74, 6) is 1.13. The summed E-state index contributed by atoms with van der Waals surface area (Å²) in [6, 6.07) is 6.01. The number of hydrogen-bond donors (Lipinski definition) is 3. The van der Waals surface area contributed by atoms with E-state index in [0.717, 1.165) is 62.9 Å². The van der Waals surface area contributed by atoms with Crippen molar-refractivity contribution >= 4 is 17.5 Å². The summed E-state index contributed by atoms with van der Waals surface area (Å²) in [7, 11) is 0. The van der Waals surface area contributed by atoms with Gasteiger partial charge in [-0.3, -0.25) is 9.59 Å². The topological polar surface area (TPSA) is 58.3 Å². The number of amides is 2. The van der Waals surface area contributed by atoms with Crippen molar-refractivity contribution < 1.29 is 19.4 Å². The van der Waals surface area contributed by atoms with Gasteiger partial charge in [-0.25, -0.2) is 0 Å². The van der Waals surface area contributed by atoms with Gasteiger partial charge in [0.1, 0.15) is 26.2 Å². The van der Waals surface area contributed by atoms with E-state index >= 15 is 0 Å². The van der Waals surface area contributed by atoms with Gasteiger partial charge in [0.15, 0.2) is 13.1 Å². The number of nitrogens with zero attached hydrogens (tertiary/aromatic N) is 1. The number of piperazine rings is 1. The maximum absolute atomic E-state index is 12.7. The first-order chi connectivity index (χ1) is 14.0. The lowest BCUT2D eigenvalue weighted by Crippen LogP contribution is -3.28. The second-order valence-corrected chi connectivity index (χ2v) is 8.93. The molecule has 2 aliphatic rings. The zero-order chi connectivity index (χ0) is 20.8. The quantitative estimate of drug-likeness (QED) is 0.530. The highest BCUT2D eigenvalue weighted by molar-refractivity contribution is 5.92. The molecule has 1 saturated heterocycles. The molecule has 0 aromatic heterocycles. The lowest BCUT2D eigenvalue weighted by molar-refractivity contribution is -1.00. The standard InChI is InChI=1S/C23H36N4O2/c1-4-10-27(15-20-8-9-20)23(29)17-26-13-11-25(12-14-26)16-22(28)24-21-7-5-6-18(2)19(21)3/h5-7,20H,4,8-17H2,1-3H3,(H,24,28)/p+2. The Morgan fingerprint density at radius 1 is 1.07 bits per heavy atom. The molecule has 2 fully saturated rings. The Morgan fingerprint density at radius 3 is 2.34 bits per heavy atom. The third-order valence-electron chi connectivity index (χ3n) is 6.38. The maximum atomic E-state index is 12.7. The summed E-state index contributed by atoms with van der Waals surface area (Å²) in [5, 5.41) is 3.07. The molecule has 1 aromatic carbocycles. The molecule has 1 saturated carbocycles. The van der Waals surface area contributed by atoms with Gasteiger partial charge in [-0.15, -0.1) is 0 Å². The Kier molecular flexibility index (Phi) is 7.67. The van der Waals surface area contributed by atoms with Crippen molar-refractivity contribution in [1.29, 1.82) is 0 Å². The van der Waals surface area contributed by atoms with E-state index in [1.54, 1.807) is 0 Å². The number of benzene rings is 1. The summed E-state index contributed by atoms with van der Waals surface area (Å²) < 4.78 is 0. The van der Waals surface area contributed by atoms with Crippen LogP contribution in [0.25, 0.3) is 0 Å². The number of nitrogens with one attached hydrogen (secondary N) is 3. The number of carbonyl (C=O) groups excluding carboxylic acids is 2. The van der Waals surface area contributed by atoms with Crippen LogP contribution in [0.15, 0.2) is 18.2 Å². The molecule has 6 heteroatoms. The Bertz CT molecular complexity index is 709. The molecule has 160 valence electrons. The smallest absolute Gasteiger partial charge is 0.279 e. The van der Waals surface area contributed by atoms with E-state index in [4.69, 9.17) is 0 Å². The van der Waals surface area contributed by atoms with Crippen LogP contribution < -0.4 is 15.1 Å². The molecule has 0 atom stereocenters. The summed E-state index contributed by atoms with van der Waals surface area (Å²) >= 11 is 0. The fraction of sp³-hybridized carbons (Fsp3) is 0.652.